The maximum absolute atomic E-state index is 5.53. The number of nitrogens with zero attached hydrogens (tertiary/aromatic N) is 5. The van der Waals surface area contributed by atoms with E-state index in [1.165, 1.54) is 11.5 Å². The molecule has 0 radical (unpaired) electrons. The molecule has 1 fully saturated rings. The molecule has 158 valence electrons. The van der Waals surface area contributed by atoms with E-state index in [2.05, 4.69) is 38.3 Å². The summed E-state index contributed by atoms with van der Waals surface area (Å²) in [7, 11) is 3.31. The van der Waals surface area contributed by atoms with Crippen molar-refractivity contribution in [3.63, 3.8) is 0 Å². The summed E-state index contributed by atoms with van der Waals surface area (Å²) in [6.07, 6.45) is 0.876. The first kappa shape index (κ1) is 21.2. The van der Waals surface area contributed by atoms with Crippen LogP contribution in [0.5, 0.6) is 11.5 Å². The Bertz CT molecular complexity index is 817. The molecule has 1 aromatic heterocycles. The molecule has 8 nitrogen and oxygen atoms in total. The number of guanidine groups is 1. The Labute approximate surface area is 176 Å². The predicted molar refractivity (Wildman–Crippen MR) is 117 cm³/mol. The van der Waals surface area contributed by atoms with Gasteiger partial charge in [0.05, 0.1) is 20.8 Å². The van der Waals surface area contributed by atoms with Gasteiger partial charge in [-0.05, 0) is 13.0 Å². The number of nitrogens with one attached hydrogen (secondary N) is 1. The van der Waals surface area contributed by atoms with Crippen LogP contribution in [0.4, 0.5) is 5.13 Å². The number of ether oxygens (including phenoxy) is 2. The molecule has 1 saturated heterocycles. The molecule has 1 N–H and O–H groups in total. The molecule has 1 aromatic carbocycles. The molecule has 9 heteroatoms. The predicted octanol–water partition coefficient (Wildman–Crippen LogP) is 2.41. The van der Waals surface area contributed by atoms with Crippen molar-refractivity contribution in [2.45, 2.75) is 26.8 Å². The number of aromatic nitrogens is 2. The van der Waals surface area contributed by atoms with Crippen LogP contribution < -0.4 is 19.7 Å². The molecule has 0 bridgehead atoms. The van der Waals surface area contributed by atoms with E-state index in [-0.39, 0.29) is 0 Å². The minimum absolute atomic E-state index is 0.527. The average Bonchev–Trinajstić information content (AvgIpc) is 3.25. The van der Waals surface area contributed by atoms with Gasteiger partial charge in [-0.1, -0.05) is 19.1 Å². The van der Waals surface area contributed by atoms with Gasteiger partial charge in [-0.2, -0.15) is 4.37 Å². The summed E-state index contributed by atoms with van der Waals surface area (Å²) < 4.78 is 15.3. The van der Waals surface area contributed by atoms with Crippen molar-refractivity contribution in [2.75, 3.05) is 51.8 Å². The molecule has 1 aliphatic rings. The van der Waals surface area contributed by atoms with E-state index in [9.17, 15) is 0 Å². The van der Waals surface area contributed by atoms with E-state index < -0.39 is 0 Å². The molecule has 29 heavy (non-hydrogen) atoms. The number of anilines is 1. The Morgan fingerprint density at radius 3 is 2.59 bits per heavy atom. The lowest BCUT2D eigenvalue weighted by atomic mass is 10.2. The van der Waals surface area contributed by atoms with Gasteiger partial charge in [0, 0.05) is 56.2 Å². The van der Waals surface area contributed by atoms with Crippen LogP contribution in [0.15, 0.2) is 23.2 Å². The van der Waals surface area contributed by atoms with Crippen molar-refractivity contribution in [3.8, 4) is 11.5 Å². The fourth-order valence-corrected chi connectivity index (χ4v) is 4.09. The smallest absolute Gasteiger partial charge is 0.205 e. The first-order valence-electron chi connectivity index (χ1n) is 10.0. The Hall–Kier alpha value is -2.55. The molecule has 0 saturated carbocycles. The van der Waals surface area contributed by atoms with Crippen LogP contribution in [0, 0.1) is 0 Å². The van der Waals surface area contributed by atoms with Gasteiger partial charge in [0.2, 0.25) is 5.13 Å². The number of methoxy groups -OCH3 is 2. The minimum Gasteiger partial charge on any atom is -0.493 e. The first-order chi connectivity index (χ1) is 14.2. The number of hydrogen-bond acceptors (Lipinski definition) is 7. The fraction of sp³-hybridized carbons (Fsp3) is 0.550. The standard InChI is InChI=1S/C20H30N6O2S/c1-5-17-23-20(29-24-17)26-12-10-25(11-13-26)19(21-6-2)22-14-15-8-7-9-16(27-3)18(15)28-4/h7-9H,5-6,10-14H2,1-4H3,(H,21,22). The molecule has 0 atom stereocenters. The van der Waals surface area contributed by atoms with Crippen LogP contribution in [0.25, 0.3) is 0 Å². The van der Waals surface area contributed by atoms with Gasteiger partial charge in [-0.25, -0.2) is 9.98 Å². The lowest BCUT2D eigenvalue weighted by molar-refractivity contribution is 0.351. The summed E-state index contributed by atoms with van der Waals surface area (Å²) in [5.41, 5.74) is 1.00. The summed E-state index contributed by atoms with van der Waals surface area (Å²) in [6.45, 7) is 9.12. The van der Waals surface area contributed by atoms with E-state index >= 15 is 0 Å². The Balaban J connectivity index is 1.67. The van der Waals surface area contributed by atoms with Crippen molar-refractivity contribution in [1.82, 2.24) is 19.6 Å². The maximum atomic E-state index is 5.53. The van der Waals surface area contributed by atoms with Crippen LogP contribution >= 0.6 is 11.5 Å². The van der Waals surface area contributed by atoms with Crippen LogP contribution in [0.2, 0.25) is 0 Å². The van der Waals surface area contributed by atoms with Gasteiger partial charge in [-0.15, -0.1) is 0 Å². The van der Waals surface area contributed by atoms with Crippen molar-refractivity contribution >= 4 is 22.6 Å². The molecular weight excluding hydrogens is 388 g/mol. The zero-order valence-corrected chi connectivity index (χ0v) is 18.5. The molecule has 2 heterocycles. The number of aliphatic imine (C=N–C) groups is 1. The van der Waals surface area contributed by atoms with Crippen LogP contribution in [0.3, 0.4) is 0 Å². The first-order valence-corrected chi connectivity index (χ1v) is 10.8. The van der Waals surface area contributed by atoms with Gasteiger partial charge < -0.3 is 24.6 Å². The lowest BCUT2D eigenvalue weighted by Crippen LogP contribution is -2.52. The zero-order valence-electron chi connectivity index (χ0n) is 17.6. The summed E-state index contributed by atoms with van der Waals surface area (Å²) in [6, 6.07) is 5.88. The third-order valence-electron chi connectivity index (χ3n) is 4.84. The third-order valence-corrected chi connectivity index (χ3v) is 5.66. The normalized spacial score (nSPS) is 14.8. The third kappa shape index (κ3) is 5.09. The average molecular weight is 419 g/mol. The summed E-state index contributed by atoms with van der Waals surface area (Å²) in [5.74, 6) is 3.31. The second-order valence-electron chi connectivity index (χ2n) is 6.64. The number of piperazine rings is 1. The van der Waals surface area contributed by atoms with Gasteiger partial charge in [-0.3, -0.25) is 0 Å². The van der Waals surface area contributed by atoms with E-state index in [1.54, 1.807) is 14.2 Å². The highest BCUT2D eigenvalue weighted by Gasteiger charge is 2.22. The van der Waals surface area contributed by atoms with E-state index in [0.29, 0.717) is 6.54 Å². The number of aryl methyl sites for hydroxylation is 1. The van der Waals surface area contributed by atoms with Gasteiger partial charge >= 0.3 is 0 Å². The van der Waals surface area contributed by atoms with Crippen molar-refractivity contribution in [2.24, 2.45) is 4.99 Å². The van der Waals surface area contributed by atoms with Crippen molar-refractivity contribution in [1.29, 1.82) is 0 Å². The highest BCUT2D eigenvalue weighted by Crippen LogP contribution is 2.31. The minimum atomic E-state index is 0.527. The quantitative estimate of drug-likeness (QED) is 0.547. The Morgan fingerprint density at radius 1 is 1.17 bits per heavy atom. The molecule has 1 aliphatic heterocycles. The van der Waals surface area contributed by atoms with E-state index in [1.807, 2.05) is 18.2 Å². The number of hydrogen-bond donors (Lipinski definition) is 1. The zero-order chi connectivity index (χ0) is 20.6. The molecule has 0 amide bonds. The lowest BCUT2D eigenvalue weighted by Gasteiger charge is -2.36. The molecular formula is C20H30N6O2S. The molecule has 0 aliphatic carbocycles. The second kappa shape index (κ2) is 10.3. The Morgan fingerprint density at radius 2 is 1.97 bits per heavy atom. The van der Waals surface area contributed by atoms with E-state index in [0.717, 1.165) is 73.1 Å². The number of para-hydroxylation sites is 1. The molecule has 0 unspecified atom stereocenters. The van der Waals surface area contributed by atoms with Crippen LogP contribution in [-0.4, -0.2) is 67.2 Å². The van der Waals surface area contributed by atoms with Gasteiger partial charge in [0.25, 0.3) is 0 Å². The van der Waals surface area contributed by atoms with Gasteiger partial charge in [0.15, 0.2) is 17.5 Å². The Kier molecular flexibility index (Phi) is 7.51. The summed E-state index contributed by atoms with van der Waals surface area (Å²) >= 11 is 1.49. The largest absolute Gasteiger partial charge is 0.493 e. The number of benzene rings is 1. The van der Waals surface area contributed by atoms with Crippen LogP contribution in [0.1, 0.15) is 25.2 Å². The number of rotatable bonds is 7. The van der Waals surface area contributed by atoms with Crippen molar-refractivity contribution < 1.29 is 9.47 Å². The van der Waals surface area contributed by atoms with Gasteiger partial charge in [0.1, 0.15) is 5.82 Å². The van der Waals surface area contributed by atoms with Crippen LogP contribution in [-0.2, 0) is 13.0 Å². The highest BCUT2D eigenvalue weighted by atomic mass is 32.1. The summed E-state index contributed by atoms with van der Waals surface area (Å²) in [4.78, 5) is 14.1. The molecule has 2 aromatic rings. The summed E-state index contributed by atoms with van der Waals surface area (Å²) in [5, 5.41) is 4.43. The topological polar surface area (TPSA) is 75.1 Å². The van der Waals surface area contributed by atoms with E-state index in [4.69, 9.17) is 14.5 Å². The SMILES string of the molecule is CCNC(=NCc1cccc(OC)c1OC)N1CCN(c2nc(CC)ns2)CC1. The van der Waals surface area contributed by atoms with Crippen molar-refractivity contribution in [3.05, 3.63) is 29.6 Å². The molecule has 3 rings (SSSR count). The maximum Gasteiger partial charge on any atom is 0.205 e. The molecule has 0 spiro atoms. The highest BCUT2D eigenvalue weighted by molar-refractivity contribution is 7.09. The monoisotopic (exact) mass is 418 g/mol. The fourth-order valence-electron chi connectivity index (χ4n) is 3.29. The second-order valence-corrected chi connectivity index (χ2v) is 7.37.